The van der Waals surface area contributed by atoms with Crippen molar-refractivity contribution in [2.24, 2.45) is 10.8 Å². The molecule has 6 nitrogen and oxygen atoms in total. The Bertz CT molecular complexity index is 287. The van der Waals surface area contributed by atoms with Gasteiger partial charge in [-0.1, -0.05) is 26.2 Å². The molecule has 1 aliphatic carbocycles. The molecule has 0 aromatic heterocycles. The largest absolute Gasteiger partial charge is 0.356 e. The SMILES string of the molecule is CCCNC(=O)CCN=C(NN)NC1CCCCC1. The molecule has 0 saturated heterocycles. The maximum atomic E-state index is 11.4. The Labute approximate surface area is 115 Å². The highest BCUT2D eigenvalue weighted by Gasteiger charge is 2.14. The lowest BCUT2D eigenvalue weighted by Crippen LogP contribution is -2.47. The zero-order valence-electron chi connectivity index (χ0n) is 11.9. The van der Waals surface area contributed by atoms with Gasteiger partial charge in [0, 0.05) is 19.0 Å². The second kappa shape index (κ2) is 9.61. The topological polar surface area (TPSA) is 91.5 Å². The van der Waals surface area contributed by atoms with Crippen LogP contribution in [0.3, 0.4) is 0 Å². The highest BCUT2D eigenvalue weighted by Crippen LogP contribution is 2.17. The van der Waals surface area contributed by atoms with Gasteiger partial charge in [-0.25, -0.2) is 5.84 Å². The maximum Gasteiger partial charge on any atom is 0.221 e. The average molecular weight is 269 g/mol. The normalized spacial score (nSPS) is 17.1. The van der Waals surface area contributed by atoms with E-state index in [1.165, 1.54) is 19.3 Å². The van der Waals surface area contributed by atoms with Gasteiger partial charge in [-0.3, -0.25) is 15.2 Å². The van der Waals surface area contributed by atoms with Gasteiger partial charge >= 0.3 is 0 Å². The Morgan fingerprint density at radius 3 is 2.68 bits per heavy atom. The smallest absolute Gasteiger partial charge is 0.221 e. The van der Waals surface area contributed by atoms with Gasteiger partial charge in [-0.15, -0.1) is 0 Å². The Balaban J connectivity index is 2.24. The number of nitrogens with one attached hydrogen (secondary N) is 3. The van der Waals surface area contributed by atoms with Crippen LogP contribution in [0.4, 0.5) is 0 Å². The molecule has 0 spiro atoms. The van der Waals surface area contributed by atoms with Crippen LogP contribution >= 0.6 is 0 Å². The van der Waals surface area contributed by atoms with E-state index in [0.29, 0.717) is 25.0 Å². The number of amides is 1. The van der Waals surface area contributed by atoms with Crippen LogP contribution in [-0.4, -0.2) is 31.0 Å². The van der Waals surface area contributed by atoms with Crippen molar-refractivity contribution in [1.82, 2.24) is 16.1 Å². The molecule has 6 heteroatoms. The van der Waals surface area contributed by atoms with Crippen molar-refractivity contribution in [2.45, 2.75) is 57.9 Å². The van der Waals surface area contributed by atoms with E-state index in [1.807, 2.05) is 6.92 Å². The van der Waals surface area contributed by atoms with Gasteiger partial charge in [0.2, 0.25) is 11.9 Å². The van der Waals surface area contributed by atoms with Crippen molar-refractivity contribution in [3.63, 3.8) is 0 Å². The number of nitrogens with zero attached hydrogens (tertiary/aromatic N) is 1. The molecule has 1 fully saturated rings. The van der Waals surface area contributed by atoms with Gasteiger partial charge in [-0.2, -0.15) is 0 Å². The minimum atomic E-state index is 0.0413. The van der Waals surface area contributed by atoms with Crippen molar-refractivity contribution in [3.05, 3.63) is 0 Å². The molecule has 0 heterocycles. The van der Waals surface area contributed by atoms with Crippen molar-refractivity contribution >= 4 is 11.9 Å². The number of carbonyl (C=O) groups excluding carboxylic acids is 1. The first-order chi connectivity index (χ1) is 9.26. The van der Waals surface area contributed by atoms with Gasteiger partial charge < -0.3 is 10.6 Å². The standard InChI is InChI=1S/C13H27N5O/c1-2-9-15-12(19)8-10-16-13(18-14)17-11-6-4-3-5-7-11/h11H,2-10,14H2,1H3,(H,15,19)(H2,16,17,18). The van der Waals surface area contributed by atoms with Crippen LogP contribution in [0, 0.1) is 0 Å². The first-order valence-electron chi connectivity index (χ1n) is 7.30. The molecule has 19 heavy (non-hydrogen) atoms. The molecule has 110 valence electrons. The van der Waals surface area contributed by atoms with E-state index in [1.54, 1.807) is 0 Å². The van der Waals surface area contributed by atoms with Crippen LogP contribution in [0.2, 0.25) is 0 Å². The number of hydrazine groups is 1. The molecule has 0 aromatic rings. The predicted octanol–water partition coefficient (Wildman–Crippen LogP) is 0.644. The van der Waals surface area contributed by atoms with Gasteiger partial charge in [0.05, 0.1) is 6.54 Å². The van der Waals surface area contributed by atoms with E-state index in [4.69, 9.17) is 5.84 Å². The van der Waals surface area contributed by atoms with E-state index >= 15 is 0 Å². The number of guanidine groups is 1. The molecule has 1 saturated carbocycles. The fourth-order valence-corrected chi connectivity index (χ4v) is 2.20. The van der Waals surface area contributed by atoms with Crippen molar-refractivity contribution in [1.29, 1.82) is 0 Å². The summed E-state index contributed by atoms with van der Waals surface area (Å²) in [5.41, 5.74) is 2.57. The molecule has 1 amide bonds. The molecule has 0 atom stereocenters. The van der Waals surface area contributed by atoms with Crippen LogP contribution in [0.25, 0.3) is 0 Å². The molecule has 0 bridgehead atoms. The highest BCUT2D eigenvalue weighted by atomic mass is 16.1. The minimum absolute atomic E-state index is 0.0413. The third-order valence-electron chi connectivity index (χ3n) is 3.26. The van der Waals surface area contributed by atoms with E-state index in [-0.39, 0.29) is 5.91 Å². The van der Waals surface area contributed by atoms with Crippen LogP contribution in [0.1, 0.15) is 51.9 Å². The summed E-state index contributed by atoms with van der Waals surface area (Å²) >= 11 is 0. The zero-order valence-corrected chi connectivity index (χ0v) is 11.9. The second-order valence-electron chi connectivity index (χ2n) is 4.95. The van der Waals surface area contributed by atoms with Crippen LogP contribution in [0.5, 0.6) is 0 Å². The maximum absolute atomic E-state index is 11.4. The first-order valence-corrected chi connectivity index (χ1v) is 7.30. The molecule has 0 aromatic carbocycles. The van der Waals surface area contributed by atoms with E-state index in [9.17, 15) is 4.79 Å². The van der Waals surface area contributed by atoms with Crippen LogP contribution < -0.4 is 21.9 Å². The zero-order chi connectivity index (χ0) is 13.9. The summed E-state index contributed by atoms with van der Waals surface area (Å²) in [5, 5.41) is 6.13. The third kappa shape index (κ3) is 7.00. The monoisotopic (exact) mass is 269 g/mol. The molecule has 0 unspecified atom stereocenters. The second-order valence-corrected chi connectivity index (χ2v) is 4.95. The minimum Gasteiger partial charge on any atom is -0.356 e. The Morgan fingerprint density at radius 2 is 2.05 bits per heavy atom. The number of rotatable bonds is 6. The number of nitrogens with two attached hydrogens (primary N) is 1. The summed E-state index contributed by atoms with van der Waals surface area (Å²) in [6, 6.07) is 0.456. The summed E-state index contributed by atoms with van der Waals surface area (Å²) in [5.74, 6) is 6.08. The Kier molecular flexibility index (Phi) is 7.97. The fourth-order valence-electron chi connectivity index (χ4n) is 2.20. The van der Waals surface area contributed by atoms with Crippen molar-refractivity contribution < 1.29 is 4.79 Å². The average Bonchev–Trinajstić information content (AvgIpc) is 2.45. The Hall–Kier alpha value is -1.30. The predicted molar refractivity (Wildman–Crippen MR) is 77.6 cm³/mol. The molecule has 0 radical (unpaired) electrons. The molecular formula is C13H27N5O. The van der Waals surface area contributed by atoms with E-state index in [2.05, 4.69) is 21.1 Å². The lowest BCUT2D eigenvalue weighted by molar-refractivity contribution is -0.120. The molecule has 1 rings (SSSR count). The van der Waals surface area contributed by atoms with Crippen LogP contribution in [-0.2, 0) is 4.79 Å². The summed E-state index contributed by atoms with van der Waals surface area (Å²) in [6.07, 6.45) is 7.52. The van der Waals surface area contributed by atoms with Crippen LogP contribution in [0.15, 0.2) is 4.99 Å². The molecular weight excluding hydrogens is 242 g/mol. The van der Waals surface area contributed by atoms with E-state index < -0.39 is 0 Å². The molecule has 1 aliphatic rings. The molecule has 0 aliphatic heterocycles. The van der Waals surface area contributed by atoms with Crippen molar-refractivity contribution in [3.8, 4) is 0 Å². The number of hydrogen-bond donors (Lipinski definition) is 4. The summed E-state index contributed by atoms with van der Waals surface area (Å²) in [4.78, 5) is 15.7. The first kappa shape index (κ1) is 15.8. The third-order valence-corrected chi connectivity index (χ3v) is 3.26. The summed E-state index contributed by atoms with van der Waals surface area (Å²) < 4.78 is 0. The summed E-state index contributed by atoms with van der Waals surface area (Å²) in [7, 11) is 0. The number of aliphatic imine (C=N–C) groups is 1. The van der Waals surface area contributed by atoms with Crippen molar-refractivity contribution in [2.75, 3.05) is 13.1 Å². The number of hydrogen-bond acceptors (Lipinski definition) is 3. The van der Waals surface area contributed by atoms with Gasteiger partial charge in [0.1, 0.15) is 0 Å². The van der Waals surface area contributed by atoms with E-state index in [0.717, 1.165) is 25.8 Å². The highest BCUT2D eigenvalue weighted by molar-refractivity contribution is 5.80. The molecule has 5 N–H and O–H groups in total. The summed E-state index contributed by atoms with van der Waals surface area (Å²) in [6.45, 7) is 3.21. The number of carbonyl (C=O) groups is 1. The van der Waals surface area contributed by atoms with Gasteiger partial charge in [-0.05, 0) is 19.3 Å². The van der Waals surface area contributed by atoms with Gasteiger partial charge in [0.25, 0.3) is 0 Å². The lowest BCUT2D eigenvalue weighted by atomic mass is 9.96. The van der Waals surface area contributed by atoms with Gasteiger partial charge in [0.15, 0.2) is 0 Å². The Morgan fingerprint density at radius 1 is 1.32 bits per heavy atom. The quantitative estimate of drug-likeness (QED) is 0.246. The lowest BCUT2D eigenvalue weighted by Gasteiger charge is -2.24. The fraction of sp³-hybridized carbons (Fsp3) is 0.846.